The van der Waals surface area contributed by atoms with Crippen LogP contribution in [0, 0.1) is 11.3 Å². The number of anilines is 1. The van der Waals surface area contributed by atoms with E-state index in [9.17, 15) is 14.9 Å². The summed E-state index contributed by atoms with van der Waals surface area (Å²) in [7, 11) is 2.46. The van der Waals surface area contributed by atoms with E-state index in [1.807, 2.05) is 18.2 Å². The lowest BCUT2D eigenvalue weighted by atomic mass is 9.81. The summed E-state index contributed by atoms with van der Waals surface area (Å²) in [5, 5.41) is 11.1. The molecule has 1 unspecified atom stereocenters. The number of rotatable bonds is 4. The Kier molecular flexibility index (Phi) is 5.98. The first-order valence-corrected chi connectivity index (χ1v) is 11.7. The fourth-order valence-electron chi connectivity index (χ4n) is 5.17. The summed E-state index contributed by atoms with van der Waals surface area (Å²) < 4.78 is 16.3. The van der Waals surface area contributed by atoms with Crippen molar-refractivity contribution in [1.29, 1.82) is 5.26 Å². The third-order valence-corrected chi connectivity index (χ3v) is 6.81. The van der Waals surface area contributed by atoms with Gasteiger partial charge in [0.15, 0.2) is 0 Å². The molecule has 8 heteroatoms. The number of carbonyl (C=O) groups excluding carboxylic acids is 2. The van der Waals surface area contributed by atoms with Gasteiger partial charge in [0.1, 0.15) is 22.9 Å². The lowest BCUT2D eigenvalue weighted by molar-refractivity contribution is -0.139. The van der Waals surface area contributed by atoms with Crippen molar-refractivity contribution in [3.8, 4) is 6.07 Å². The Morgan fingerprint density at radius 3 is 2.47 bits per heavy atom. The zero-order valence-corrected chi connectivity index (χ0v) is 20.0. The highest BCUT2D eigenvalue weighted by molar-refractivity contribution is 6.06. The molecule has 2 heterocycles. The van der Waals surface area contributed by atoms with Gasteiger partial charge in [-0.3, -0.25) is 4.90 Å². The van der Waals surface area contributed by atoms with Crippen molar-refractivity contribution in [3.63, 3.8) is 0 Å². The normalized spacial score (nSPS) is 17.6. The van der Waals surface area contributed by atoms with Gasteiger partial charge in [-0.25, -0.2) is 9.59 Å². The van der Waals surface area contributed by atoms with Crippen molar-refractivity contribution in [1.82, 2.24) is 0 Å². The average Bonchev–Trinajstić information content (AvgIpc) is 3.29. The Labute approximate surface area is 208 Å². The van der Waals surface area contributed by atoms with Crippen molar-refractivity contribution >= 4 is 28.6 Å². The van der Waals surface area contributed by atoms with Crippen molar-refractivity contribution in [2.75, 3.05) is 19.1 Å². The third kappa shape index (κ3) is 3.60. The monoisotopic (exact) mass is 483 g/mol. The Bertz CT molecular complexity index is 1480. The number of aryl methyl sites for hydroxylation is 2. The highest BCUT2D eigenvalue weighted by Gasteiger charge is 2.43. The van der Waals surface area contributed by atoms with Gasteiger partial charge in [-0.15, -0.1) is 0 Å². The second-order valence-corrected chi connectivity index (χ2v) is 8.73. The number of methoxy groups -OCH3 is 2. The number of hydrogen-bond acceptors (Lipinski definition) is 8. The molecular formula is C28H25N3O5. The maximum Gasteiger partial charge on any atom is 0.355 e. The van der Waals surface area contributed by atoms with Crippen LogP contribution in [0.4, 0.5) is 5.69 Å². The van der Waals surface area contributed by atoms with Gasteiger partial charge in [-0.1, -0.05) is 30.3 Å². The fourth-order valence-corrected chi connectivity index (χ4v) is 5.17. The Hall–Kier alpha value is -4.51. The first-order chi connectivity index (χ1) is 17.5. The first kappa shape index (κ1) is 23.2. The fraction of sp³-hybridized carbons (Fsp3) is 0.250. The molecule has 2 aliphatic rings. The third-order valence-electron chi connectivity index (χ3n) is 6.81. The van der Waals surface area contributed by atoms with E-state index in [2.05, 4.69) is 6.07 Å². The van der Waals surface area contributed by atoms with Crippen LogP contribution in [0.3, 0.4) is 0 Å². The van der Waals surface area contributed by atoms with Crippen LogP contribution >= 0.6 is 0 Å². The van der Waals surface area contributed by atoms with Crippen LogP contribution < -0.4 is 10.6 Å². The minimum Gasteiger partial charge on any atom is -0.466 e. The van der Waals surface area contributed by atoms with Crippen molar-refractivity contribution in [2.45, 2.75) is 31.6 Å². The first-order valence-electron chi connectivity index (χ1n) is 11.7. The van der Waals surface area contributed by atoms with E-state index in [-0.39, 0.29) is 22.7 Å². The number of benzene rings is 2. The zero-order chi connectivity index (χ0) is 25.4. The maximum absolute atomic E-state index is 13.2. The Morgan fingerprint density at radius 1 is 1.06 bits per heavy atom. The van der Waals surface area contributed by atoms with Gasteiger partial charge in [-0.2, -0.15) is 5.26 Å². The van der Waals surface area contributed by atoms with Crippen molar-refractivity contribution in [2.24, 2.45) is 5.73 Å². The summed E-state index contributed by atoms with van der Waals surface area (Å²) in [6.45, 7) is 0. The highest BCUT2D eigenvalue weighted by atomic mass is 16.5. The number of allylic oxidation sites excluding steroid dienone is 1. The summed E-state index contributed by atoms with van der Waals surface area (Å²) in [6, 6.07) is 16.6. The molecule has 1 atom stereocenters. The SMILES string of the molecule is COC(=O)C1=C(C(=O)OC)N(c2ccc3oc4c(c3c2)CCCC4)C(N)=C(C#N)C1c1ccccc1. The van der Waals surface area contributed by atoms with Crippen LogP contribution in [0.15, 0.2) is 75.6 Å². The molecule has 0 bridgehead atoms. The van der Waals surface area contributed by atoms with E-state index >= 15 is 0 Å². The van der Waals surface area contributed by atoms with Crippen molar-refractivity contribution in [3.05, 3.63) is 88.1 Å². The number of ether oxygens (including phenoxy) is 2. The molecule has 1 aliphatic carbocycles. The molecule has 0 amide bonds. The van der Waals surface area contributed by atoms with Crippen LogP contribution in [0.5, 0.6) is 0 Å². The second-order valence-electron chi connectivity index (χ2n) is 8.73. The number of nitriles is 1. The van der Waals surface area contributed by atoms with Gasteiger partial charge < -0.3 is 19.6 Å². The molecule has 36 heavy (non-hydrogen) atoms. The van der Waals surface area contributed by atoms with Crippen molar-refractivity contribution < 1.29 is 23.5 Å². The number of furan rings is 1. The molecule has 0 spiro atoms. The average molecular weight is 484 g/mol. The van der Waals surface area contributed by atoms with E-state index in [0.717, 1.165) is 48.0 Å². The maximum atomic E-state index is 13.2. The van der Waals surface area contributed by atoms with Crippen LogP contribution in [0.25, 0.3) is 11.0 Å². The molecule has 1 aliphatic heterocycles. The van der Waals surface area contributed by atoms with Gasteiger partial charge in [0, 0.05) is 23.1 Å². The Morgan fingerprint density at radius 2 is 1.78 bits per heavy atom. The lowest BCUT2D eigenvalue weighted by Crippen LogP contribution is -2.40. The van der Waals surface area contributed by atoms with E-state index < -0.39 is 17.9 Å². The number of carbonyl (C=O) groups is 2. The molecule has 2 aromatic carbocycles. The number of hydrogen-bond donors (Lipinski definition) is 1. The van der Waals surface area contributed by atoms with E-state index in [0.29, 0.717) is 11.3 Å². The van der Waals surface area contributed by atoms with E-state index in [4.69, 9.17) is 19.6 Å². The molecule has 0 fully saturated rings. The van der Waals surface area contributed by atoms with Crippen LogP contribution in [-0.4, -0.2) is 26.2 Å². The van der Waals surface area contributed by atoms with Gasteiger partial charge in [0.2, 0.25) is 0 Å². The van der Waals surface area contributed by atoms with E-state index in [1.54, 1.807) is 30.3 Å². The summed E-state index contributed by atoms with van der Waals surface area (Å²) in [4.78, 5) is 27.8. The molecule has 3 aromatic rings. The second kappa shape index (κ2) is 9.27. The predicted molar refractivity (Wildman–Crippen MR) is 132 cm³/mol. The minimum atomic E-state index is -0.903. The smallest absolute Gasteiger partial charge is 0.355 e. The number of nitrogens with zero attached hydrogens (tertiary/aromatic N) is 2. The molecule has 0 saturated heterocycles. The lowest BCUT2D eigenvalue weighted by Gasteiger charge is -2.35. The molecule has 0 radical (unpaired) electrons. The molecule has 182 valence electrons. The molecule has 5 rings (SSSR count). The highest BCUT2D eigenvalue weighted by Crippen LogP contribution is 2.44. The van der Waals surface area contributed by atoms with Crippen LogP contribution in [0.1, 0.15) is 35.6 Å². The van der Waals surface area contributed by atoms with E-state index in [1.165, 1.54) is 19.1 Å². The van der Waals surface area contributed by atoms with Gasteiger partial charge in [0.05, 0.1) is 37.4 Å². The molecule has 8 nitrogen and oxygen atoms in total. The summed E-state index contributed by atoms with van der Waals surface area (Å²) >= 11 is 0. The zero-order valence-electron chi connectivity index (χ0n) is 20.0. The number of esters is 2. The summed E-state index contributed by atoms with van der Waals surface area (Å²) in [6.07, 6.45) is 3.91. The molecule has 1 aromatic heterocycles. The summed E-state index contributed by atoms with van der Waals surface area (Å²) in [5.74, 6) is -1.42. The Balaban J connectivity index is 1.79. The molecule has 0 saturated carbocycles. The van der Waals surface area contributed by atoms with Gasteiger partial charge in [0.25, 0.3) is 0 Å². The predicted octanol–water partition coefficient (Wildman–Crippen LogP) is 4.21. The number of nitrogens with two attached hydrogens (primary N) is 1. The molecule has 2 N–H and O–H groups in total. The quantitative estimate of drug-likeness (QED) is 0.548. The van der Waals surface area contributed by atoms with Crippen LogP contribution in [0.2, 0.25) is 0 Å². The standard InChI is InChI=1S/C28H25N3O5/c1-34-27(32)24-23(16-8-4-3-5-9-16)20(15-29)26(30)31(25(24)28(33)35-2)17-12-13-22-19(14-17)18-10-6-7-11-21(18)36-22/h3-5,8-9,12-14,23H,6-7,10-11,30H2,1-2H3. The minimum absolute atomic E-state index is 0.0179. The largest absolute Gasteiger partial charge is 0.466 e. The van der Waals surface area contributed by atoms with Gasteiger partial charge in [-0.05, 0) is 43.0 Å². The van der Waals surface area contributed by atoms with Crippen LogP contribution in [-0.2, 0) is 31.9 Å². The topological polar surface area (TPSA) is 119 Å². The summed E-state index contributed by atoms with van der Waals surface area (Å²) in [5.41, 5.74) is 9.63. The molecular weight excluding hydrogens is 458 g/mol. The van der Waals surface area contributed by atoms with Gasteiger partial charge >= 0.3 is 11.9 Å². The number of fused-ring (bicyclic) bond motifs is 3.